The highest BCUT2D eigenvalue weighted by Crippen LogP contribution is 2.19. The second kappa shape index (κ2) is 7.21. The molecule has 0 aliphatic carbocycles. The number of hydrogen-bond donors (Lipinski definition) is 0. The maximum Gasteiger partial charge on any atom is 0.410 e. The quantitative estimate of drug-likeness (QED) is 0.767. The van der Waals surface area contributed by atoms with Crippen LogP contribution in [0.15, 0.2) is 24.3 Å². The average Bonchev–Trinajstić information content (AvgIpc) is 2.46. The van der Waals surface area contributed by atoms with Crippen molar-refractivity contribution in [2.75, 3.05) is 13.1 Å². The van der Waals surface area contributed by atoms with Gasteiger partial charge in [-0.2, -0.15) is 0 Å². The van der Waals surface area contributed by atoms with Crippen molar-refractivity contribution < 1.29 is 19.1 Å². The van der Waals surface area contributed by atoms with Crippen LogP contribution in [0.3, 0.4) is 0 Å². The molecule has 1 fully saturated rings. The molecule has 6 heteroatoms. The number of nitrogens with zero attached hydrogens (tertiary/aromatic N) is 1. The third-order valence-corrected chi connectivity index (χ3v) is 3.66. The first-order chi connectivity index (χ1) is 10.7. The lowest BCUT2D eigenvalue weighted by molar-refractivity contribution is -0.00340. The zero-order valence-corrected chi connectivity index (χ0v) is 14.4. The minimum absolute atomic E-state index is 0.194. The van der Waals surface area contributed by atoms with E-state index in [4.69, 9.17) is 21.1 Å². The van der Waals surface area contributed by atoms with Crippen molar-refractivity contribution in [3.8, 4) is 0 Å². The van der Waals surface area contributed by atoms with Crippen LogP contribution in [0.4, 0.5) is 4.79 Å². The summed E-state index contributed by atoms with van der Waals surface area (Å²) in [6.07, 6.45) is 0.689. The van der Waals surface area contributed by atoms with Gasteiger partial charge in [0.15, 0.2) is 0 Å². The van der Waals surface area contributed by atoms with E-state index in [9.17, 15) is 9.59 Å². The lowest BCUT2D eigenvalue weighted by atomic mass is 10.1. The molecule has 0 saturated carbocycles. The Hall–Kier alpha value is -1.75. The van der Waals surface area contributed by atoms with Crippen molar-refractivity contribution in [3.63, 3.8) is 0 Å². The summed E-state index contributed by atoms with van der Waals surface area (Å²) in [6.45, 7) is 6.55. The maximum atomic E-state index is 12.1. The highest BCUT2D eigenvalue weighted by atomic mass is 35.5. The largest absolute Gasteiger partial charge is 0.459 e. The number of rotatable bonds is 2. The van der Waals surface area contributed by atoms with Crippen molar-refractivity contribution in [1.29, 1.82) is 0 Å². The summed E-state index contributed by atoms with van der Waals surface area (Å²) < 4.78 is 10.8. The summed E-state index contributed by atoms with van der Waals surface area (Å²) in [4.78, 5) is 25.7. The molecule has 1 aliphatic heterocycles. The third kappa shape index (κ3) is 5.43. The highest BCUT2D eigenvalue weighted by molar-refractivity contribution is 6.30. The van der Waals surface area contributed by atoms with E-state index < -0.39 is 5.60 Å². The fourth-order valence-corrected chi connectivity index (χ4v) is 2.51. The molecule has 0 aromatic heterocycles. The molecule has 1 heterocycles. The number of carbonyl (C=O) groups excluding carboxylic acids is 2. The number of benzene rings is 1. The number of carbonyl (C=O) groups is 2. The second-order valence-corrected chi connectivity index (χ2v) is 7.02. The lowest BCUT2D eigenvalue weighted by Crippen LogP contribution is -2.43. The van der Waals surface area contributed by atoms with Gasteiger partial charge in [0, 0.05) is 31.0 Å². The predicted octanol–water partition coefficient (Wildman–Crippen LogP) is 3.90. The van der Waals surface area contributed by atoms with Gasteiger partial charge >= 0.3 is 12.1 Å². The van der Waals surface area contributed by atoms with Crippen LogP contribution in [-0.2, 0) is 9.47 Å². The Morgan fingerprint density at radius 2 is 1.87 bits per heavy atom. The molecule has 126 valence electrons. The Morgan fingerprint density at radius 1 is 1.22 bits per heavy atom. The van der Waals surface area contributed by atoms with Crippen molar-refractivity contribution in [1.82, 2.24) is 4.90 Å². The van der Waals surface area contributed by atoms with E-state index in [1.165, 1.54) is 0 Å². The van der Waals surface area contributed by atoms with Gasteiger partial charge in [-0.15, -0.1) is 0 Å². The first-order valence-electron chi connectivity index (χ1n) is 7.69. The van der Waals surface area contributed by atoms with E-state index >= 15 is 0 Å². The van der Waals surface area contributed by atoms with Crippen molar-refractivity contribution >= 4 is 23.7 Å². The molecule has 0 atom stereocenters. The van der Waals surface area contributed by atoms with Gasteiger partial charge in [-0.3, -0.25) is 0 Å². The molecule has 23 heavy (non-hydrogen) atoms. The first-order valence-corrected chi connectivity index (χ1v) is 8.07. The smallest absolute Gasteiger partial charge is 0.410 e. The van der Waals surface area contributed by atoms with Gasteiger partial charge in [-0.1, -0.05) is 17.7 Å². The molecule has 2 rings (SSSR count). The first kappa shape index (κ1) is 17.6. The molecule has 5 nitrogen and oxygen atoms in total. The summed E-state index contributed by atoms with van der Waals surface area (Å²) in [6, 6.07) is 6.67. The molecule has 0 unspecified atom stereocenters. The van der Waals surface area contributed by atoms with E-state index in [0.29, 0.717) is 36.5 Å². The molecule has 1 amide bonds. The minimum atomic E-state index is -0.507. The summed E-state index contributed by atoms with van der Waals surface area (Å²) in [5.41, 5.74) is -0.0699. The number of piperidine rings is 1. The van der Waals surface area contributed by atoms with Crippen LogP contribution >= 0.6 is 11.6 Å². The van der Waals surface area contributed by atoms with Gasteiger partial charge in [0.25, 0.3) is 0 Å². The molecule has 1 aliphatic rings. The second-order valence-electron chi connectivity index (χ2n) is 6.58. The van der Waals surface area contributed by atoms with Crippen molar-refractivity contribution in [2.45, 2.75) is 45.3 Å². The topological polar surface area (TPSA) is 55.8 Å². The fraction of sp³-hybridized carbons (Fsp3) is 0.529. The third-order valence-electron chi connectivity index (χ3n) is 3.43. The number of hydrogen-bond acceptors (Lipinski definition) is 4. The Morgan fingerprint density at radius 3 is 2.43 bits per heavy atom. The van der Waals surface area contributed by atoms with Gasteiger partial charge in [-0.05, 0) is 39.0 Å². The maximum absolute atomic E-state index is 12.1. The number of likely N-dealkylation sites (tertiary alicyclic amines) is 1. The molecule has 0 spiro atoms. The Kier molecular flexibility index (Phi) is 5.52. The molecule has 1 aromatic carbocycles. The van der Waals surface area contributed by atoms with Crippen LogP contribution in [0.1, 0.15) is 44.0 Å². The Bertz CT molecular complexity index is 574. The van der Waals surface area contributed by atoms with Gasteiger partial charge in [0.05, 0.1) is 5.56 Å². The predicted molar refractivity (Wildman–Crippen MR) is 87.7 cm³/mol. The van der Waals surface area contributed by atoms with Crippen molar-refractivity contribution in [3.05, 3.63) is 34.9 Å². The van der Waals surface area contributed by atoms with E-state index in [2.05, 4.69) is 0 Å². The van der Waals surface area contributed by atoms with Crippen LogP contribution in [0.25, 0.3) is 0 Å². The van der Waals surface area contributed by atoms with Crippen LogP contribution < -0.4 is 0 Å². The zero-order valence-electron chi connectivity index (χ0n) is 13.7. The SMILES string of the molecule is CC(C)(C)OC(=O)N1CCC(OC(=O)c2cccc(Cl)c2)CC1. The molecule has 1 saturated heterocycles. The zero-order chi connectivity index (χ0) is 17.0. The Labute approximate surface area is 141 Å². The van der Waals surface area contributed by atoms with Crippen LogP contribution in [-0.4, -0.2) is 41.8 Å². The summed E-state index contributed by atoms with van der Waals surface area (Å²) in [5.74, 6) is -0.386. The van der Waals surface area contributed by atoms with Gasteiger partial charge in [-0.25, -0.2) is 9.59 Å². The monoisotopic (exact) mass is 339 g/mol. The number of esters is 1. The van der Waals surface area contributed by atoms with E-state index in [1.807, 2.05) is 20.8 Å². The van der Waals surface area contributed by atoms with E-state index in [-0.39, 0.29) is 18.2 Å². The standard InChI is InChI=1S/C17H22ClNO4/c1-17(2,3)23-16(21)19-9-7-14(8-10-19)22-15(20)12-5-4-6-13(18)11-12/h4-6,11,14H,7-10H2,1-3H3. The number of halogens is 1. The number of ether oxygens (including phenoxy) is 2. The van der Waals surface area contributed by atoms with Crippen LogP contribution in [0.2, 0.25) is 5.02 Å². The van der Waals surface area contributed by atoms with Gasteiger partial charge in [0.1, 0.15) is 11.7 Å². The fourth-order valence-electron chi connectivity index (χ4n) is 2.32. The van der Waals surface area contributed by atoms with E-state index in [0.717, 1.165) is 0 Å². The number of amides is 1. The van der Waals surface area contributed by atoms with E-state index in [1.54, 1.807) is 29.2 Å². The molecular weight excluding hydrogens is 318 g/mol. The van der Waals surface area contributed by atoms with Gasteiger partial charge in [0.2, 0.25) is 0 Å². The molecule has 0 N–H and O–H groups in total. The molecule has 1 aromatic rings. The van der Waals surface area contributed by atoms with Crippen molar-refractivity contribution in [2.24, 2.45) is 0 Å². The summed E-state index contributed by atoms with van der Waals surface area (Å²) in [5, 5.41) is 0.499. The Balaban J connectivity index is 1.83. The van der Waals surface area contributed by atoms with Gasteiger partial charge < -0.3 is 14.4 Å². The normalized spacial score (nSPS) is 16.1. The average molecular weight is 340 g/mol. The molecular formula is C17H22ClNO4. The lowest BCUT2D eigenvalue weighted by Gasteiger charge is -2.33. The summed E-state index contributed by atoms with van der Waals surface area (Å²) >= 11 is 5.87. The minimum Gasteiger partial charge on any atom is -0.459 e. The highest BCUT2D eigenvalue weighted by Gasteiger charge is 2.28. The van der Waals surface area contributed by atoms with Crippen LogP contribution in [0.5, 0.6) is 0 Å². The summed E-state index contributed by atoms with van der Waals surface area (Å²) in [7, 11) is 0. The molecule has 0 radical (unpaired) electrons. The van der Waals surface area contributed by atoms with Crippen LogP contribution in [0, 0.1) is 0 Å². The molecule has 0 bridgehead atoms.